The van der Waals surface area contributed by atoms with Gasteiger partial charge in [0, 0.05) is 0 Å². The Hall–Kier alpha value is -1.38. The minimum absolute atomic E-state index is 0.803. The van der Waals surface area contributed by atoms with Gasteiger partial charge in [0.1, 0.15) is 11.0 Å². The summed E-state index contributed by atoms with van der Waals surface area (Å²) in [6, 6.07) is 7.50. The predicted molar refractivity (Wildman–Crippen MR) is 52.3 cm³/mol. The molecule has 0 aliphatic rings. The van der Waals surface area contributed by atoms with E-state index < -0.39 is 0 Å². The molecular formula is C10H14N2O. The van der Waals surface area contributed by atoms with Gasteiger partial charge in [0.15, 0.2) is 0 Å². The summed E-state index contributed by atoms with van der Waals surface area (Å²) in [4.78, 5) is 0. The van der Waals surface area contributed by atoms with E-state index in [0.717, 1.165) is 17.0 Å². The van der Waals surface area contributed by atoms with Gasteiger partial charge in [0.2, 0.25) is 0 Å². The summed E-state index contributed by atoms with van der Waals surface area (Å²) in [5.41, 5.74) is 1.61. The molecule has 0 bridgehead atoms. The van der Waals surface area contributed by atoms with Gasteiger partial charge in [-0.25, -0.2) is 4.63 Å². The van der Waals surface area contributed by atoms with Crippen LogP contribution in [0.4, 0.5) is 0 Å². The molecule has 0 amide bonds. The molecule has 2 aromatic rings. The minimum atomic E-state index is 0.803. The van der Waals surface area contributed by atoms with Gasteiger partial charge in [-0.1, -0.05) is 32.9 Å². The predicted octanol–water partition coefficient (Wildman–Crippen LogP) is 2.89. The van der Waals surface area contributed by atoms with Crippen molar-refractivity contribution in [1.82, 2.24) is 10.3 Å². The monoisotopic (exact) mass is 178 g/mol. The Morgan fingerprint density at radius 2 is 1.38 bits per heavy atom. The summed E-state index contributed by atoms with van der Waals surface area (Å²) in [6.45, 7) is 6.50. The summed E-state index contributed by atoms with van der Waals surface area (Å²) >= 11 is 0. The summed E-state index contributed by atoms with van der Waals surface area (Å²) in [7, 11) is 0. The summed E-state index contributed by atoms with van der Waals surface area (Å²) < 4.78 is 4.46. The Kier molecular flexibility index (Phi) is 3.43. The van der Waals surface area contributed by atoms with Gasteiger partial charge < -0.3 is 0 Å². The Morgan fingerprint density at radius 1 is 1.00 bits per heavy atom. The molecule has 13 heavy (non-hydrogen) atoms. The van der Waals surface area contributed by atoms with Crippen molar-refractivity contribution >= 4 is 11.0 Å². The van der Waals surface area contributed by atoms with Crippen LogP contribution in [0.2, 0.25) is 0 Å². The van der Waals surface area contributed by atoms with E-state index in [-0.39, 0.29) is 0 Å². The van der Waals surface area contributed by atoms with Crippen molar-refractivity contribution in [3.05, 3.63) is 24.3 Å². The zero-order chi connectivity index (χ0) is 9.68. The molecule has 2 rings (SSSR count). The van der Waals surface area contributed by atoms with Crippen LogP contribution in [0, 0.1) is 5.92 Å². The summed E-state index contributed by atoms with van der Waals surface area (Å²) in [6.07, 6.45) is 0. The number of benzene rings is 1. The zero-order valence-electron chi connectivity index (χ0n) is 8.19. The van der Waals surface area contributed by atoms with Crippen LogP contribution in [0.3, 0.4) is 0 Å². The van der Waals surface area contributed by atoms with E-state index in [1.54, 1.807) is 0 Å². The molecule has 0 aliphatic heterocycles. The number of hydrogen-bond acceptors (Lipinski definition) is 3. The molecule has 0 fully saturated rings. The highest BCUT2D eigenvalue weighted by atomic mass is 16.6. The van der Waals surface area contributed by atoms with Crippen molar-refractivity contribution in [1.29, 1.82) is 0 Å². The summed E-state index contributed by atoms with van der Waals surface area (Å²) in [5, 5.41) is 7.27. The molecule has 1 aromatic heterocycles. The number of aromatic nitrogens is 2. The Balaban J connectivity index is 0.000000184. The fourth-order valence-corrected chi connectivity index (χ4v) is 0.727. The molecule has 0 atom stereocenters. The smallest absolute Gasteiger partial charge is 0.135 e. The second-order valence-corrected chi connectivity index (χ2v) is 3.48. The topological polar surface area (TPSA) is 38.9 Å². The van der Waals surface area contributed by atoms with Gasteiger partial charge in [-0.15, -0.1) is 0 Å². The van der Waals surface area contributed by atoms with E-state index in [1.807, 2.05) is 24.3 Å². The normalized spacial score (nSPS) is 9.85. The fourth-order valence-electron chi connectivity index (χ4n) is 0.727. The van der Waals surface area contributed by atoms with E-state index in [0.29, 0.717) is 0 Å². The SMILES string of the molecule is CC(C)C.c1ccc2nonc2c1. The van der Waals surface area contributed by atoms with Crippen LogP contribution in [-0.4, -0.2) is 10.3 Å². The van der Waals surface area contributed by atoms with Gasteiger partial charge in [-0.3, -0.25) is 0 Å². The minimum Gasteiger partial charge on any atom is -0.243 e. The van der Waals surface area contributed by atoms with Crippen molar-refractivity contribution in [2.24, 2.45) is 5.92 Å². The van der Waals surface area contributed by atoms with Crippen LogP contribution in [0.5, 0.6) is 0 Å². The average molecular weight is 178 g/mol. The lowest BCUT2D eigenvalue weighted by Gasteiger charge is -1.79. The second kappa shape index (κ2) is 4.60. The first-order chi connectivity index (χ1) is 6.20. The van der Waals surface area contributed by atoms with Crippen LogP contribution < -0.4 is 0 Å². The highest BCUT2D eigenvalue weighted by Gasteiger charge is 1.93. The molecule has 0 saturated carbocycles. The Morgan fingerprint density at radius 3 is 1.77 bits per heavy atom. The first-order valence-electron chi connectivity index (χ1n) is 4.37. The highest BCUT2D eigenvalue weighted by Crippen LogP contribution is 2.05. The first-order valence-corrected chi connectivity index (χ1v) is 4.37. The third-order valence-corrected chi connectivity index (χ3v) is 1.16. The second-order valence-electron chi connectivity index (χ2n) is 3.48. The van der Waals surface area contributed by atoms with Crippen molar-refractivity contribution in [2.75, 3.05) is 0 Å². The van der Waals surface area contributed by atoms with Crippen LogP contribution in [0.1, 0.15) is 20.8 Å². The fraction of sp³-hybridized carbons (Fsp3) is 0.400. The average Bonchev–Trinajstić information content (AvgIpc) is 2.49. The van der Waals surface area contributed by atoms with Crippen molar-refractivity contribution in [2.45, 2.75) is 20.8 Å². The highest BCUT2D eigenvalue weighted by molar-refractivity contribution is 5.72. The first kappa shape index (κ1) is 9.71. The van der Waals surface area contributed by atoms with E-state index in [2.05, 4.69) is 35.7 Å². The molecule has 0 saturated heterocycles. The molecule has 70 valence electrons. The van der Waals surface area contributed by atoms with Gasteiger partial charge in [0.25, 0.3) is 0 Å². The Bertz CT molecular complexity index is 321. The third-order valence-electron chi connectivity index (χ3n) is 1.16. The molecule has 0 radical (unpaired) electrons. The summed E-state index contributed by atoms with van der Waals surface area (Å²) in [5.74, 6) is 0.833. The van der Waals surface area contributed by atoms with Crippen molar-refractivity contribution in [3.63, 3.8) is 0 Å². The molecular weight excluding hydrogens is 164 g/mol. The molecule has 1 aromatic carbocycles. The number of hydrogen-bond donors (Lipinski definition) is 0. The van der Waals surface area contributed by atoms with Crippen LogP contribution in [0.15, 0.2) is 28.9 Å². The molecule has 0 unspecified atom stereocenters. The van der Waals surface area contributed by atoms with E-state index in [4.69, 9.17) is 0 Å². The maximum absolute atomic E-state index is 4.46. The van der Waals surface area contributed by atoms with Gasteiger partial charge in [-0.05, 0) is 28.4 Å². The van der Waals surface area contributed by atoms with Gasteiger partial charge in [0.05, 0.1) is 0 Å². The molecule has 0 spiro atoms. The lowest BCUT2D eigenvalue weighted by atomic mass is 10.3. The zero-order valence-corrected chi connectivity index (χ0v) is 8.19. The van der Waals surface area contributed by atoms with Crippen molar-refractivity contribution in [3.8, 4) is 0 Å². The van der Waals surface area contributed by atoms with E-state index >= 15 is 0 Å². The standard InChI is InChI=1S/C6H4N2O.C4H10/c1-2-4-6-5(3-1)7-9-8-6;1-4(2)3/h1-4H;4H,1-3H3. The molecule has 0 aliphatic carbocycles. The van der Waals surface area contributed by atoms with E-state index in [9.17, 15) is 0 Å². The number of nitrogens with zero attached hydrogens (tertiary/aromatic N) is 2. The largest absolute Gasteiger partial charge is 0.243 e. The maximum atomic E-state index is 4.46. The Labute approximate surface area is 77.7 Å². The van der Waals surface area contributed by atoms with Gasteiger partial charge >= 0.3 is 0 Å². The number of rotatable bonds is 0. The van der Waals surface area contributed by atoms with Crippen LogP contribution in [-0.2, 0) is 0 Å². The van der Waals surface area contributed by atoms with E-state index in [1.165, 1.54) is 0 Å². The lowest BCUT2D eigenvalue weighted by molar-refractivity contribution is 0.315. The maximum Gasteiger partial charge on any atom is 0.135 e. The number of fused-ring (bicyclic) bond motifs is 1. The van der Waals surface area contributed by atoms with Crippen LogP contribution >= 0.6 is 0 Å². The lowest BCUT2D eigenvalue weighted by Crippen LogP contribution is -1.66. The molecule has 3 nitrogen and oxygen atoms in total. The van der Waals surface area contributed by atoms with Crippen LogP contribution in [0.25, 0.3) is 11.0 Å². The van der Waals surface area contributed by atoms with Crippen molar-refractivity contribution < 1.29 is 4.63 Å². The third kappa shape index (κ3) is 3.23. The molecule has 3 heteroatoms. The molecule has 1 heterocycles. The van der Waals surface area contributed by atoms with Gasteiger partial charge in [-0.2, -0.15) is 0 Å². The molecule has 0 N–H and O–H groups in total. The quantitative estimate of drug-likeness (QED) is 0.622.